The summed E-state index contributed by atoms with van der Waals surface area (Å²) in [6, 6.07) is 0.835. The molecule has 2 atom stereocenters. The molecule has 0 amide bonds. The second-order valence-electron chi connectivity index (χ2n) is 4.92. The molecule has 2 heterocycles. The summed E-state index contributed by atoms with van der Waals surface area (Å²) in [5, 5.41) is 4.43. The zero-order valence-corrected chi connectivity index (χ0v) is 10.7. The van der Waals surface area contributed by atoms with Gasteiger partial charge in [0.25, 0.3) is 0 Å². The van der Waals surface area contributed by atoms with Gasteiger partial charge < -0.3 is 10.2 Å². The van der Waals surface area contributed by atoms with Crippen LogP contribution in [-0.4, -0.2) is 48.1 Å². The van der Waals surface area contributed by atoms with E-state index in [9.17, 15) is 0 Å². The topological polar surface area (TPSA) is 15.3 Å². The van der Waals surface area contributed by atoms with Gasteiger partial charge in [0.2, 0.25) is 0 Å². The second-order valence-corrected chi connectivity index (χ2v) is 6.46. The zero-order valence-electron chi connectivity index (χ0n) is 9.87. The smallest absolute Gasteiger partial charge is 0.0147 e. The number of rotatable bonds is 4. The molecule has 15 heavy (non-hydrogen) atoms. The Morgan fingerprint density at radius 2 is 2.40 bits per heavy atom. The summed E-state index contributed by atoms with van der Waals surface area (Å²) in [7, 11) is 0. The van der Waals surface area contributed by atoms with Crippen LogP contribution in [0.2, 0.25) is 0 Å². The van der Waals surface area contributed by atoms with E-state index in [2.05, 4.69) is 28.9 Å². The molecule has 0 aromatic heterocycles. The lowest BCUT2D eigenvalue weighted by molar-refractivity contribution is 0.275. The van der Waals surface area contributed by atoms with Crippen molar-refractivity contribution in [3.8, 4) is 0 Å². The van der Waals surface area contributed by atoms with Gasteiger partial charge in [0.15, 0.2) is 0 Å². The number of thioether (sulfide) groups is 1. The predicted molar refractivity (Wildman–Crippen MR) is 68.6 cm³/mol. The molecule has 2 nitrogen and oxygen atoms in total. The summed E-state index contributed by atoms with van der Waals surface area (Å²) in [5.41, 5.74) is 0. The number of hydrogen-bond acceptors (Lipinski definition) is 3. The number of nitrogens with one attached hydrogen (secondary N) is 1. The molecule has 0 aliphatic carbocycles. The average Bonchev–Trinajstić information content (AvgIpc) is 2.71. The molecule has 2 unspecified atom stereocenters. The summed E-state index contributed by atoms with van der Waals surface area (Å²) in [6.07, 6.45) is 5.57. The van der Waals surface area contributed by atoms with Crippen molar-refractivity contribution in [3.63, 3.8) is 0 Å². The summed E-state index contributed by atoms with van der Waals surface area (Å²) in [5.74, 6) is 1.34. The van der Waals surface area contributed by atoms with E-state index in [1.807, 2.05) is 0 Å². The molecule has 1 N–H and O–H groups in total. The predicted octanol–water partition coefficient (Wildman–Crippen LogP) is 1.96. The van der Waals surface area contributed by atoms with Crippen molar-refractivity contribution in [1.29, 1.82) is 0 Å². The minimum absolute atomic E-state index is 0.835. The normalized spacial score (nSPS) is 33.4. The largest absolute Gasteiger partial charge is 0.314 e. The summed E-state index contributed by atoms with van der Waals surface area (Å²) >= 11 is 2.13. The molecule has 0 aromatic carbocycles. The minimum Gasteiger partial charge on any atom is -0.314 e. The zero-order chi connectivity index (χ0) is 10.5. The lowest BCUT2D eigenvalue weighted by Crippen LogP contribution is -2.37. The maximum atomic E-state index is 3.58. The van der Waals surface area contributed by atoms with E-state index in [1.54, 1.807) is 0 Å². The monoisotopic (exact) mass is 228 g/mol. The highest BCUT2D eigenvalue weighted by molar-refractivity contribution is 7.99. The van der Waals surface area contributed by atoms with Crippen LogP contribution in [0.25, 0.3) is 0 Å². The summed E-state index contributed by atoms with van der Waals surface area (Å²) in [6.45, 7) is 7.55. The first-order valence-electron chi connectivity index (χ1n) is 6.42. The van der Waals surface area contributed by atoms with E-state index in [0.717, 1.165) is 11.3 Å². The molecule has 88 valence electrons. The molecule has 2 aliphatic rings. The van der Waals surface area contributed by atoms with Gasteiger partial charge in [0.1, 0.15) is 0 Å². The van der Waals surface area contributed by atoms with Gasteiger partial charge in [-0.2, -0.15) is 11.8 Å². The molecule has 2 fully saturated rings. The van der Waals surface area contributed by atoms with Gasteiger partial charge in [-0.3, -0.25) is 0 Å². The van der Waals surface area contributed by atoms with E-state index < -0.39 is 0 Å². The molecular formula is C12H24N2S. The van der Waals surface area contributed by atoms with Crippen molar-refractivity contribution in [2.24, 2.45) is 0 Å². The fraction of sp³-hybridized carbons (Fsp3) is 1.00. The van der Waals surface area contributed by atoms with Crippen LogP contribution in [0, 0.1) is 0 Å². The molecular weight excluding hydrogens is 204 g/mol. The van der Waals surface area contributed by atoms with E-state index in [-0.39, 0.29) is 0 Å². The minimum atomic E-state index is 0.835. The Labute approximate surface area is 98.2 Å². The molecule has 0 aromatic rings. The van der Waals surface area contributed by atoms with Gasteiger partial charge in [0, 0.05) is 30.1 Å². The fourth-order valence-electron chi connectivity index (χ4n) is 2.66. The van der Waals surface area contributed by atoms with Crippen LogP contribution in [0.1, 0.15) is 32.6 Å². The number of hydrogen-bond donors (Lipinski definition) is 1. The Morgan fingerprint density at radius 3 is 3.13 bits per heavy atom. The van der Waals surface area contributed by atoms with E-state index in [0.29, 0.717) is 0 Å². The molecule has 0 radical (unpaired) electrons. The van der Waals surface area contributed by atoms with Crippen molar-refractivity contribution in [3.05, 3.63) is 0 Å². The Kier molecular flexibility index (Phi) is 4.79. The van der Waals surface area contributed by atoms with Crippen molar-refractivity contribution < 1.29 is 0 Å². The van der Waals surface area contributed by atoms with Crippen LogP contribution in [0.15, 0.2) is 0 Å². The molecule has 0 saturated carbocycles. The Balaban J connectivity index is 1.56. The van der Waals surface area contributed by atoms with E-state index in [4.69, 9.17) is 0 Å². The fourth-order valence-corrected chi connectivity index (χ4v) is 3.74. The van der Waals surface area contributed by atoms with Gasteiger partial charge in [-0.15, -0.1) is 0 Å². The molecule has 2 saturated heterocycles. The molecule has 0 spiro atoms. The van der Waals surface area contributed by atoms with Crippen molar-refractivity contribution in [1.82, 2.24) is 10.2 Å². The van der Waals surface area contributed by atoms with Crippen LogP contribution in [0.4, 0.5) is 0 Å². The van der Waals surface area contributed by atoms with Gasteiger partial charge in [-0.25, -0.2) is 0 Å². The van der Waals surface area contributed by atoms with Gasteiger partial charge in [-0.05, 0) is 38.8 Å². The second kappa shape index (κ2) is 6.12. The van der Waals surface area contributed by atoms with Crippen LogP contribution < -0.4 is 5.32 Å². The van der Waals surface area contributed by atoms with Crippen molar-refractivity contribution >= 4 is 11.8 Å². The van der Waals surface area contributed by atoms with E-state index >= 15 is 0 Å². The van der Waals surface area contributed by atoms with Crippen LogP contribution in [-0.2, 0) is 0 Å². The first kappa shape index (κ1) is 11.7. The van der Waals surface area contributed by atoms with Gasteiger partial charge in [-0.1, -0.05) is 6.92 Å². The Bertz CT molecular complexity index is 180. The third kappa shape index (κ3) is 3.97. The van der Waals surface area contributed by atoms with Crippen molar-refractivity contribution in [2.45, 2.75) is 43.9 Å². The first-order chi connectivity index (χ1) is 7.34. The summed E-state index contributed by atoms with van der Waals surface area (Å²) < 4.78 is 0. The van der Waals surface area contributed by atoms with Gasteiger partial charge >= 0.3 is 0 Å². The highest BCUT2D eigenvalue weighted by atomic mass is 32.2. The lowest BCUT2D eigenvalue weighted by atomic mass is 10.1. The van der Waals surface area contributed by atoms with E-state index in [1.165, 1.54) is 57.6 Å². The molecule has 3 heteroatoms. The highest BCUT2D eigenvalue weighted by Crippen LogP contribution is 2.18. The third-order valence-corrected chi connectivity index (χ3v) is 4.65. The van der Waals surface area contributed by atoms with Crippen LogP contribution >= 0.6 is 11.8 Å². The quantitative estimate of drug-likeness (QED) is 0.792. The summed E-state index contributed by atoms with van der Waals surface area (Å²) in [4.78, 5) is 2.65. The SMILES string of the molecule is CC1CN(CCCC2CCCN2)CCS1. The van der Waals surface area contributed by atoms with Crippen LogP contribution in [0.3, 0.4) is 0 Å². The maximum absolute atomic E-state index is 3.58. The standard InChI is InChI=1S/C12H24N2S/c1-11-10-14(8-9-15-11)7-3-5-12-4-2-6-13-12/h11-13H,2-10H2,1H3. The molecule has 0 bridgehead atoms. The van der Waals surface area contributed by atoms with Crippen LogP contribution in [0.5, 0.6) is 0 Å². The Morgan fingerprint density at radius 1 is 1.47 bits per heavy atom. The van der Waals surface area contributed by atoms with Gasteiger partial charge in [0.05, 0.1) is 0 Å². The molecule has 2 aliphatic heterocycles. The van der Waals surface area contributed by atoms with Crippen molar-refractivity contribution in [2.75, 3.05) is 31.9 Å². The average molecular weight is 228 g/mol. The maximum Gasteiger partial charge on any atom is 0.0147 e. The lowest BCUT2D eigenvalue weighted by Gasteiger charge is -2.30. The first-order valence-corrected chi connectivity index (χ1v) is 7.47. The molecule has 2 rings (SSSR count). The Hall–Kier alpha value is 0.270. The highest BCUT2D eigenvalue weighted by Gasteiger charge is 2.17. The third-order valence-electron chi connectivity index (χ3n) is 3.51. The number of nitrogens with zero attached hydrogens (tertiary/aromatic N) is 1.